The molecule has 0 aromatic heterocycles. The Labute approximate surface area is 191 Å². The third-order valence-electron chi connectivity index (χ3n) is 9.66. The summed E-state index contributed by atoms with van der Waals surface area (Å²) in [5, 5.41) is 21.2. The molecule has 6 atom stereocenters. The molecule has 4 nitrogen and oxygen atoms in total. The van der Waals surface area contributed by atoms with Gasteiger partial charge in [-0.25, -0.2) is 0 Å². The fourth-order valence-electron chi connectivity index (χ4n) is 7.68. The highest BCUT2D eigenvalue weighted by molar-refractivity contribution is 6.91. The van der Waals surface area contributed by atoms with Crippen LogP contribution in [0.15, 0.2) is 11.6 Å². The Morgan fingerprint density at radius 2 is 1.90 bits per heavy atom. The zero-order valence-electron chi connectivity index (χ0n) is 18.4. The number of rotatable bonds is 3. The third kappa shape index (κ3) is 2.76. The largest absolute Gasteiger partial charge is 0.479 e. The topological polar surface area (TPSA) is 70.3 Å². The second-order valence-electron chi connectivity index (χ2n) is 11.1. The molecule has 4 aliphatic carbocycles. The minimum atomic E-state index is -2.92. The fraction of sp³-hybridized carbons (Fsp3) is 0.826. The van der Waals surface area contributed by atoms with Gasteiger partial charge in [0.05, 0.1) is 0 Å². The molecule has 7 heteroatoms. The molecule has 30 heavy (non-hydrogen) atoms. The van der Waals surface area contributed by atoms with Crippen LogP contribution in [0.3, 0.4) is 0 Å². The molecule has 4 rings (SSSR count). The summed E-state index contributed by atoms with van der Waals surface area (Å²) in [6.07, 6.45) is 10.6. The Hall–Kier alpha value is -0.543. The number of carbonyl (C=O) groups is 1. The summed E-state index contributed by atoms with van der Waals surface area (Å²) >= 11 is 13.9. The lowest BCUT2D eigenvalue weighted by Gasteiger charge is -2.60. The average molecular weight is 471 g/mol. The van der Waals surface area contributed by atoms with Gasteiger partial charge in [-0.3, -0.25) is 4.79 Å². The number of ketones is 1. The minimum Gasteiger partial charge on any atom is -0.479 e. The van der Waals surface area contributed by atoms with E-state index in [1.807, 2.05) is 13.1 Å². The van der Waals surface area contributed by atoms with E-state index < -0.39 is 23.3 Å². The summed E-state index contributed by atoms with van der Waals surface area (Å²) in [6, 6.07) is 0. The number of halogens is 2. The van der Waals surface area contributed by atoms with E-state index in [0.29, 0.717) is 42.8 Å². The van der Waals surface area contributed by atoms with Crippen LogP contribution in [0.4, 0.5) is 0 Å². The summed E-state index contributed by atoms with van der Waals surface area (Å²) in [4.78, 5) is 12.1. The van der Waals surface area contributed by atoms with Gasteiger partial charge >= 0.3 is 8.32 Å². The number of Topliss-reactive ketones (excluding diaryl/α,β-unsaturated/α-hetero) is 1. The molecule has 0 aromatic carbocycles. The van der Waals surface area contributed by atoms with Gasteiger partial charge < -0.3 is 9.53 Å². The number of nitrogens with zero attached hydrogens (tertiary/aromatic N) is 1. The van der Waals surface area contributed by atoms with Gasteiger partial charge in [0.15, 0.2) is 3.96 Å². The van der Waals surface area contributed by atoms with Crippen molar-refractivity contribution in [1.29, 1.82) is 5.26 Å². The standard InChI is InChI=1S/C23H33Cl2NO3Si/c1-20-10-7-16(27)13-15(20)5-6-17-18(20)8-11-21(2)19(17)9-12-22(21,28)23(24,25)30(3,4)29-14-26/h5,17-19,28H,6-13H2,1-4H3/t17?,18?,19?,20-,21-,22+/m0/s1. The van der Waals surface area contributed by atoms with E-state index in [0.717, 1.165) is 32.1 Å². The molecule has 3 unspecified atom stereocenters. The number of fused-ring (bicyclic) bond motifs is 5. The van der Waals surface area contributed by atoms with Crippen LogP contribution < -0.4 is 0 Å². The van der Waals surface area contributed by atoms with Gasteiger partial charge in [-0.05, 0) is 74.8 Å². The summed E-state index contributed by atoms with van der Waals surface area (Å²) in [5.41, 5.74) is -0.279. The molecule has 0 heterocycles. The predicted octanol–water partition coefficient (Wildman–Crippen LogP) is 5.67. The minimum absolute atomic E-state index is 0.0931. The van der Waals surface area contributed by atoms with Gasteiger partial charge in [0, 0.05) is 18.3 Å². The lowest BCUT2D eigenvalue weighted by molar-refractivity contribution is -0.129. The summed E-state index contributed by atoms with van der Waals surface area (Å²) < 4.78 is 3.90. The summed E-state index contributed by atoms with van der Waals surface area (Å²) in [5.74, 6) is 1.68. The summed E-state index contributed by atoms with van der Waals surface area (Å²) in [7, 11) is -2.92. The highest BCUT2D eigenvalue weighted by atomic mass is 35.5. The molecule has 3 saturated carbocycles. The fourth-order valence-corrected chi connectivity index (χ4v) is 10.3. The Morgan fingerprint density at radius 3 is 2.57 bits per heavy atom. The molecule has 1 N–H and O–H groups in total. The van der Waals surface area contributed by atoms with Crippen LogP contribution in [0.1, 0.15) is 65.2 Å². The van der Waals surface area contributed by atoms with Crippen LogP contribution in [0.5, 0.6) is 0 Å². The molecule has 0 radical (unpaired) electrons. The molecule has 0 aliphatic heterocycles. The van der Waals surface area contributed by atoms with Gasteiger partial charge in [0.1, 0.15) is 11.4 Å². The van der Waals surface area contributed by atoms with Gasteiger partial charge in [0.2, 0.25) is 0 Å². The molecule has 0 bridgehead atoms. The van der Waals surface area contributed by atoms with Crippen molar-refractivity contribution in [2.24, 2.45) is 28.6 Å². The summed E-state index contributed by atoms with van der Waals surface area (Å²) in [6.45, 7) is 8.14. The SMILES string of the molecule is C[C@]12CCC(=O)CC1=CCC1C2CC[C@@]2(C)C1CC[C@]2(O)C(Cl)(Cl)[Si](C)(C)OC#N. The molecule has 0 aromatic rings. The monoisotopic (exact) mass is 469 g/mol. The van der Waals surface area contributed by atoms with Crippen LogP contribution in [0, 0.1) is 40.1 Å². The van der Waals surface area contributed by atoms with E-state index in [1.54, 1.807) is 6.26 Å². The number of alkyl halides is 2. The van der Waals surface area contributed by atoms with Gasteiger partial charge in [-0.2, -0.15) is 5.26 Å². The quantitative estimate of drug-likeness (QED) is 0.250. The molecule has 166 valence electrons. The van der Waals surface area contributed by atoms with E-state index in [4.69, 9.17) is 32.9 Å². The van der Waals surface area contributed by atoms with Crippen LogP contribution in [-0.4, -0.2) is 28.8 Å². The normalized spacial score (nSPS) is 43.7. The molecule has 3 fully saturated rings. The number of carbonyl (C=O) groups excluding carboxylic acids is 1. The predicted molar refractivity (Wildman–Crippen MR) is 120 cm³/mol. The lowest BCUT2D eigenvalue weighted by Crippen LogP contribution is -2.68. The number of nitriles is 1. The molecule has 0 saturated heterocycles. The van der Waals surface area contributed by atoms with Gasteiger partial charge in [-0.1, -0.05) is 48.7 Å². The van der Waals surface area contributed by atoms with Crippen LogP contribution >= 0.6 is 23.2 Å². The maximum atomic E-state index is 12.1. The van der Waals surface area contributed by atoms with Crippen LogP contribution in [-0.2, 0) is 9.22 Å². The number of hydrogen-bond acceptors (Lipinski definition) is 4. The van der Waals surface area contributed by atoms with E-state index >= 15 is 0 Å². The first-order valence-electron chi connectivity index (χ1n) is 11.2. The van der Waals surface area contributed by atoms with E-state index in [1.165, 1.54) is 5.57 Å². The number of aliphatic hydroxyl groups is 1. The molecule has 0 amide bonds. The zero-order valence-corrected chi connectivity index (χ0v) is 20.9. The molecule has 0 spiro atoms. The third-order valence-corrected chi connectivity index (χ3v) is 15.5. The molecule has 4 aliphatic rings. The van der Waals surface area contributed by atoms with E-state index in [9.17, 15) is 9.90 Å². The highest BCUT2D eigenvalue weighted by Crippen LogP contribution is 2.70. The van der Waals surface area contributed by atoms with E-state index in [2.05, 4.69) is 19.9 Å². The van der Waals surface area contributed by atoms with Crippen LogP contribution in [0.25, 0.3) is 0 Å². The average Bonchev–Trinajstić information content (AvgIpc) is 2.95. The van der Waals surface area contributed by atoms with Crippen molar-refractivity contribution in [3.05, 3.63) is 11.6 Å². The van der Waals surface area contributed by atoms with Crippen molar-refractivity contribution in [2.45, 2.75) is 87.9 Å². The van der Waals surface area contributed by atoms with Crippen molar-refractivity contribution >= 4 is 37.3 Å². The Kier molecular flexibility index (Phi) is 5.27. The van der Waals surface area contributed by atoms with Crippen molar-refractivity contribution in [2.75, 3.05) is 0 Å². The van der Waals surface area contributed by atoms with Crippen LogP contribution in [0.2, 0.25) is 13.1 Å². The maximum absolute atomic E-state index is 12.1. The zero-order chi connectivity index (χ0) is 22.2. The smallest absolute Gasteiger partial charge is 0.300 e. The Morgan fingerprint density at radius 1 is 1.23 bits per heavy atom. The number of allylic oxidation sites excluding steroid dienone is 2. The van der Waals surface area contributed by atoms with Crippen molar-refractivity contribution < 1.29 is 14.3 Å². The first kappa shape index (κ1) is 22.6. The van der Waals surface area contributed by atoms with Gasteiger partial charge in [0.25, 0.3) is 6.26 Å². The molecular weight excluding hydrogens is 437 g/mol. The van der Waals surface area contributed by atoms with Gasteiger partial charge in [-0.15, -0.1) is 0 Å². The lowest BCUT2D eigenvalue weighted by atomic mass is 9.47. The highest BCUT2D eigenvalue weighted by Gasteiger charge is 2.73. The Balaban J connectivity index is 1.70. The number of hydrogen-bond donors (Lipinski definition) is 1. The second-order valence-corrected chi connectivity index (χ2v) is 17.0. The van der Waals surface area contributed by atoms with Crippen molar-refractivity contribution in [3.63, 3.8) is 0 Å². The first-order chi connectivity index (χ1) is 13.8. The second kappa shape index (κ2) is 6.98. The molecular formula is C23H33Cl2NO3Si. The first-order valence-corrected chi connectivity index (χ1v) is 14.9. The Bertz CT molecular complexity index is 837. The van der Waals surface area contributed by atoms with Crippen molar-refractivity contribution in [3.8, 4) is 6.26 Å². The maximum Gasteiger partial charge on any atom is 0.300 e. The van der Waals surface area contributed by atoms with Crippen molar-refractivity contribution in [1.82, 2.24) is 0 Å². The van der Waals surface area contributed by atoms with E-state index in [-0.39, 0.29) is 5.41 Å².